The first kappa shape index (κ1) is 22.7. The van der Waals surface area contributed by atoms with Crippen LogP contribution < -0.4 is 0 Å². The maximum absolute atomic E-state index is 11.6. The van der Waals surface area contributed by atoms with E-state index in [1.54, 1.807) is 6.92 Å². The van der Waals surface area contributed by atoms with Gasteiger partial charge in [-0.1, -0.05) is 64.5 Å². The standard InChI is InChI=1S/C22H38O4/c1-3-4-5-6-7-10-13-18-15-16-20(22(25)26)19(18)14-11-8-9-12-17(2)21(23)24/h10,13,17-20H,3-9,11-12,14-16H2,1-2H3,(H,23,24)(H,25,26)/t17?,18-,19+,20+/m0/s1. The van der Waals surface area contributed by atoms with E-state index in [0.717, 1.165) is 44.9 Å². The van der Waals surface area contributed by atoms with Gasteiger partial charge in [0.2, 0.25) is 0 Å². The fourth-order valence-corrected chi connectivity index (χ4v) is 4.15. The Kier molecular flexibility index (Phi) is 11.3. The van der Waals surface area contributed by atoms with Crippen LogP contribution in [0.2, 0.25) is 0 Å². The predicted octanol–water partition coefficient (Wildman–Crippen LogP) is 5.91. The van der Waals surface area contributed by atoms with Crippen LogP contribution >= 0.6 is 0 Å². The molecule has 150 valence electrons. The van der Waals surface area contributed by atoms with Crippen LogP contribution in [0.25, 0.3) is 0 Å². The molecule has 0 radical (unpaired) electrons. The molecule has 0 aromatic heterocycles. The Hall–Kier alpha value is -1.32. The Bertz CT molecular complexity index is 443. The van der Waals surface area contributed by atoms with Crippen LogP contribution in [0.5, 0.6) is 0 Å². The molecule has 1 aliphatic rings. The lowest BCUT2D eigenvalue weighted by Crippen LogP contribution is -2.21. The van der Waals surface area contributed by atoms with Gasteiger partial charge in [0, 0.05) is 0 Å². The third-order valence-corrected chi connectivity index (χ3v) is 5.90. The summed E-state index contributed by atoms with van der Waals surface area (Å²) in [7, 11) is 0. The fraction of sp³-hybridized carbons (Fsp3) is 0.818. The van der Waals surface area contributed by atoms with Crippen molar-refractivity contribution in [2.75, 3.05) is 0 Å². The molecule has 1 fully saturated rings. The molecule has 0 aromatic rings. The van der Waals surface area contributed by atoms with E-state index in [-0.39, 0.29) is 17.8 Å². The maximum Gasteiger partial charge on any atom is 0.306 e. The van der Waals surface area contributed by atoms with Crippen molar-refractivity contribution in [2.24, 2.45) is 23.7 Å². The summed E-state index contributed by atoms with van der Waals surface area (Å²) in [5.74, 6) is -1.21. The summed E-state index contributed by atoms with van der Waals surface area (Å²) < 4.78 is 0. The fourth-order valence-electron chi connectivity index (χ4n) is 4.15. The highest BCUT2D eigenvalue weighted by Gasteiger charge is 2.38. The highest BCUT2D eigenvalue weighted by Crippen LogP contribution is 2.41. The molecule has 0 amide bonds. The molecular weight excluding hydrogens is 328 g/mol. The molecule has 0 heterocycles. The Morgan fingerprint density at radius 3 is 2.42 bits per heavy atom. The summed E-state index contributed by atoms with van der Waals surface area (Å²) in [6, 6.07) is 0. The van der Waals surface area contributed by atoms with E-state index in [4.69, 9.17) is 5.11 Å². The van der Waals surface area contributed by atoms with Crippen molar-refractivity contribution < 1.29 is 19.8 Å². The average molecular weight is 367 g/mol. The first-order valence-corrected chi connectivity index (χ1v) is 10.6. The lowest BCUT2D eigenvalue weighted by Gasteiger charge is -2.20. The van der Waals surface area contributed by atoms with Gasteiger partial charge in [-0.3, -0.25) is 9.59 Å². The zero-order valence-corrected chi connectivity index (χ0v) is 16.7. The Morgan fingerprint density at radius 1 is 1.04 bits per heavy atom. The van der Waals surface area contributed by atoms with E-state index in [1.807, 2.05) is 0 Å². The van der Waals surface area contributed by atoms with Crippen molar-refractivity contribution in [3.8, 4) is 0 Å². The van der Waals surface area contributed by atoms with Crippen LogP contribution in [0.4, 0.5) is 0 Å². The van der Waals surface area contributed by atoms with Crippen molar-refractivity contribution >= 4 is 11.9 Å². The topological polar surface area (TPSA) is 74.6 Å². The summed E-state index contributed by atoms with van der Waals surface area (Å²) in [5, 5.41) is 18.4. The second-order valence-electron chi connectivity index (χ2n) is 8.00. The van der Waals surface area contributed by atoms with Crippen molar-refractivity contribution in [1.29, 1.82) is 0 Å². The molecule has 26 heavy (non-hydrogen) atoms. The molecule has 4 atom stereocenters. The number of hydrogen-bond acceptors (Lipinski definition) is 2. The minimum atomic E-state index is -0.726. The number of allylic oxidation sites excluding steroid dienone is 2. The van der Waals surface area contributed by atoms with Crippen LogP contribution in [0.15, 0.2) is 12.2 Å². The summed E-state index contributed by atoms with van der Waals surface area (Å²) in [4.78, 5) is 22.4. The van der Waals surface area contributed by atoms with E-state index in [2.05, 4.69) is 19.1 Å². The monoisotopic (exact) mass is 366 g/mol. The van der Waals surface area contributed by atoms with Crippen LogP contribution in [0.1, 0.15) is 90.9 Å². The van der Waals surface area contributed by atoms with Gasteiger partial charge < -0.3 is 10.2 Å². The first-order valence-electron chi connectivity index (χ1n) is 10.6. The molecule has 1 aliphatic carbocycles. The Balaban J connectivity index is 2.38. The number of carboxylic acids is 2. The molecule has 1 unspecified atom stereocenters. The molecular formula is C22H38O4. The summed E-state index contributed by atoms with van der Waals surface area (Å²) in [6.07, 6.45) is 17.1. The van der Waals surface area contributed by atoms with E-state index in [0.29, 0.717) is 12.3 Å². The average Bonchev–Trinajstić information content (AvgIpc) is 3.00. The molecule has 4 heteroatoms. The minimum Gasteiger partial charge on any atom is -0.481 e. The number of aliphatic carboxylic acids is 2. The van der Waals surface area contributed by atoms with E-state index in [1.165, 1.54) is 25.7 Å². The summed E-state index contributed by atoms with van der Waals surface area (Å²) in [6.45, 7) is 3.97. The Morgan fingerprint density at radius 2 is 1.77 bits per heavy atom. The van der Waals surface area contributed by atoms with Gasteiger partial charge in [0.25, 0.3) is 0 Å². The third-order valence-electron chi connectivity index (χ3n) is 5.90. The zero-order valence-electron chi connectivity index (χ0n) is 16.7. The number of carboxylic acid groups (broad SMARTS) is 2. The third kappa shape index (κ3) is 8.37. The van der Waals surface area contributed by atoms with Crippen molar-refractivity contribution in [1.82, 2.24) is 0 Å². The van der Waals surface area contributed by atoms with Gasteiger partial charge in [-0.2, -0.15) is 0 Å². The first-order chi connectivity index (χ1) is 12.5. The quantitative estimate of drug-likeness (QED) is 0.296. The van der Waals surface area contributed by atoms with E-state index in [9.17, 15) is 14.7 Å². The van der Waals surface area contributed by atoms with Gasteiger partial charge >= 0.3 is 11.9 Å². The molecule has 0 spiro atoms. The summed E-state index contributed by atoms with van der Waals surface area (Å²) in [5.41, 5.74) is 0. The highest BCUT2D eigenvalue weighted by atomic mass is 16.4. The molecule has 0 aliphatic heterocycles. The molecule has 4 nitrogen and oxygen atoms in total. The molecule has 1 saturated carbocycles. The highest BCUT2D eigenvalue weighted by molar-refractivity contribution is 5.71. The Labute approximate surface area is 159 Å². The largest absolute Gasteiger partial charge is 0.481 e. The number of rotatable bonds is 14. The molecule has 1 rings (SSSR count). The lowest BCUT2D eigenvalue weighted by molar-refractivity contribution is -0.143. The van der Waals surface area contributed by atoms with Gasteiger partial charge in [-0.15, -0.1) is 0 Å². The van der Waals surface area contributed by atoms with Crippen molar-refractivity contribution in [3.63, 3.8) is 0 Å². The van der Waals surface area contributed by atoms with Gasteiger partial charge in [0.1, 0.15) is 0 Å². The van der Waals surface area contributed by atoms with E-state index < -0.39 is 11.9 Å². The van der Waals surface area contributed by atoms with Crippen LogP contribution in [-0.4, -0.2) is 22.2 Å². The van der Waals surface area contributed by atoms with Gasteiger partial charge in [-0.05, 0) is 50.4 Å². The van der Waals surface area contributed by atoms with Gasteiger partial charge in [0.15, 0.2) is 0 Å². The number of carbonyl (C=O) groups is 2. The predicted molar refractivity (Wildman–Crippen MR) is 105 cm³/mol. The molecule has 0 bridgehead atoms. The van der Waals surface area contributed by atoms with Crippen molar-refractivity contribution in [2.45, 2.75) is 90.9 Å². The lowest BCUT2D eigenvalue weighted by atomic mass is 9.84. The smallest absolute Gasteiger partial charge is 0.306 e. The van der Waals surface area contributed by atoms with Gasteiger partial charge in [-0.25, -0.2) is 0 Å². The van der Waals surface area contributed by atoms with Crippen LogP contribution in [0, 0.1) is 23.7 Å². The second-order valence-corrected chi connectivity index (χ2v) is 8.00. The van der Waals surface area contributed by atoms with Gasteiger partial charge in [0.05, 0.1) is 11.8 Å². The number of hydrogen-bond donors (Lipinski definition) is 2. The van der Waals surface area contributed by atoms with Crippen molar-refractivity contribution in [3.05, 3.63) is 12.2 Å². The van der Waals surface area contributed by atoms with E-state index >= 15 is 0 Å². The minimum absolute atomic E-state index is 0.206. The molecule has 0 saturated heterocycles. The van der Waals surface area contributed by atoms with Crippen LogP contribution in [-0.2, 0) is 9.59 Å². The normalized spacial score (nSPS) is 24.2. The zero-order chi connectivity index (χ0) is 19.4. The maximum atomic E-state index is 11.6. The van der Waals surface area contributed by atoms with Crippen LogP contribution in [0.3, 0.4) is 0 Å². The number of unbranched alkanes of at least 4 members (excludes halogenated alkanes) is 6. The molecule has 0 aromatic carbocycles. The molecule has 2 N–H and O–H groups in total. The summed E-state index contributed by atoms with van der Waals surface area (Å²) >= 11 is 0. The second kappa shape index (κ2) is 12.9. The SMILES string of the molecule is CCCCCCC=C[C@H]1CC[C@@H](C(=O)O)[C@@H]1CCCCCC(C)C(=O)O.